The van der Waals surface area contributed by atoms with Gasteiger partial charge in [0.1, 0.15) is 0 Å². The third kappa shape index (κ3) is 3.08. The number of hydrogen-bond acceptors (Lipinski definition) is 6. The van der Waals surface area contributed by atoms with Gasteiger partial charge in [-0.05, 0) is 24.3 Å². The molecule has 0 saturated carbocycles. The Morgan fingerprint density at radius 2 is 1.27 bits per heavy atom. The van der Waals surface area contributed by atoms with Crippen molar-refractivity contribution in [1.29, 1.82) is 0 Å². The molecule has 0 fully saturated rings. The molecule has 1 N–H and O–H groups in total. The Bertz CT molecular complexity index is 1210. The fourth-order valence-electron chi connectivity index (χ4n) is 3.10. The van der Waals surface area contributed by atoms with Crippen molar-refractivity contribution in [2.24, 2.45) is 0 Å². The molecular weight excluding hydrogens is 410 g/mol. The van der Waals surface area contributed by atoms with Crippen molar-refractivity contribution in [2.45, 2.75) is 0 Å². The minimum Gasteiger partial charge on any atom is -0.289 e. The molecule has 0 unspecified atom stereocenters. The molecule has 2 aliphatic rings. The zero-order chi connectivity index (χ0) is 21.5. The first kappa shape index (κ1) is 19.3. The summed E-state index contributed by atoms with van der Waals surface area (Å²) in [7, 11) is -4.73. The Morgan fingerprint density at radius 3 is 1.73 bits per heavy atom. The van der Waals surface area contributed by atoms with E-state index in [1.165, 1.54) is 24.3 Å². The zero-order valence-corrected chi connectivity index (χ0v) is 16.0. The van der Waals surface area contributed by atoms with Crippen LogP contribution in [0.25, 0.3) is 0 Å². The van der Waals surface area contributed by atoms with E-state index in [1.54, 1.807) is 36.4 Å². The maximum atomic E-state index is 13.5. The molecular formula is C20H13N3O6S. The molecule has 0 aliphatic carbocycles. The van der Waals surface area contributed by atoms with Crippen molar-refractivity contribution in [3.8, 4) is 0 Å². The van der Waals surface area contributed by atoms with Crippen LogP contribution in [0, 0.1) is 0 Å². The normalized spacial score (nSPS) is 16.5. The summed E-state index contributed by atoms with van der Waals surface area (Å²) in [4.78, 5) is 48.7. The van der Waals surface area contributed by atoms with E-state index in [0.29, 0.717) is 0 Å². The van der Waals surface area contributed by atoms with Gasteiger partial charge in [0, 0.05) is 12.2 Å². The van der Waals surface area contributed by atoms with Crippen LogP contribution in [-0.2, 0) is 29.4 Å². The Morgan fingerprint density at radius 1 is 0.733 bits per heavy atom. The highest BCUT2D eigenvalue weighted by molar-refractivity contribution is 7.92. The maximum absolute atomic E-state index is 13.5. The number of nitrogens with zero attached hydrogens (tertiary/aromatic N) is 2. The van der Waals surface area contributed by atoms with Crippen molar-refractivity contribution in [2.75, 3.05) is 4.31 Å². The number of amides is 4. The van der Waals surface area contributed by atoms with Crippen molar-refractivity contribution in [3.05, 3.63) is 84.0 Å². The van der Waals surface area contributed by atoms with Gasteiger partial charge < -0.3 is 0 Å². The number of carbonyl (C=O) groups excluding carboxylic acids is 4. The minimum atomic E-state index is -4.73. The van der Waals surface area contributed by atoms with Crippen molar-refractivity contribution < 1.29 is 27.6 Å². The topological polar surface area (TPSA) is 121 Å². The fourth-order valence-corrected chi connectivity index (χ4v) is 4.63. The van der Waals surface area contributed by atoms with Crippen LogP contribution >= 0.6 is 0 Å². The van der Waals surface area contributed by atoms with Gasteiger partial charge in [0.2, 0.25) is 0 Å². The molecule has 150 valence electrons. The summed E-state index contributed by atoms with van der Waals surface area (Å²) in [5.74, 6) is -3.99. The molecule has 9 nitrogen and oxygen atoms in total. The molecule has 0 spiro atoms. The van der Waals surface area contributed by atoms with Gasteiger partial charge in [-0.25, -0.2) is 4.31 Å². The average molecular weight is 423 g/mol. The number of imide groups is 2. The molecule has 4 amide bonds. The summed E-state index contributed by atoms with van der Waals surface area (Å²) in [5.41, 5.74) is -0.425. The lowest BCUT2D eigenvalue weighted by Crippen LogP contribution is -2.45. The SMILES string of the molecule is O=C1C=C(C2=CC(=O)N(S(=O)(=O)N(c3ccccc3)c3ccccc3)C2=O)C(=O)N1. The van der Waals surface area contributed by atoms with Gasteiger partial charge >= 0.3 is 10.2 Å². The molecule has 0 radical (unpaired) electrons. The molecule has 2 aromatic rings. The summed E-state index contributed by atoms with van der Waals surface area (Å²) in [5, 5.41) is 1.95. The number of anilines is 2. The van der Waals surface area contributed by atoms with Crippen LogP contribution in [0.3, 0.4) is 0 Å². The molecule has 0 bridgehead atoms. The number of nitrogens with one attached hydrogen (secondary N) is 1. The largest absolute Gasteiger partial charge is 0.340 e. The lowest BCUT2D eigenvalue weighted by Gasteiger charge is -2.28. The van der Waals surface area contributed by atoms with Crippen LogP contribution < -0.4 is 9.62 Å². The first-order valence-electron chi connectivity index (χ1n) is 8.64. The average Bonchev–Trinajstić information content (AvgIpc) is 3.20. The number of para-hydroxylation sites is 2. The zero-order valence-electron chi connectivity index (χ0n) is 15.2. The van der Waals surface area contributed by atoms with Crippen molar-refractivity contribution in [3.63, 3.8) is 0 Å². The van der Waals surface area contributed by atoms with Crippen LogP contribution in [0.4, 0.5) is 11.4 Å². The quantitative estimate of drug-likeness (QED) is 0.715. The van der Waals surface area contributed by atoms with Crippen LogP contribution in [0.1, 0.15) is 0 Å². The molecule has 0 aromatic heterocycles. The third-order valence-corrected chi connectivity index (χ3v) is 6.06. The number of benzene rings is 2. The van der Waals surface area contributed by atoms with Crippen molar-refractivity contribution >= 4 is 45.2 Å². The lowest BCUT2D eigenvalue weighted by molar-refractivity contribution is -0.132. The second-order valence-corrected chi connectivity index (χ2v) is 7.91. The highest BCUT2D eigenvalue weighted by Gasteiger charge is 2.46. The number of rotatable bonds is 5. The van der Waals surface area contributed by atoms with Gasteiger partial charge in [-0.15, -0.1) is 4.31 Å². The van der Waals surface area contributed by atoms with E-state index in [0.717, 1.165) is 16.5 Å². The van der Waals surface area contributed by atoms with Crippen LogP contribution in [-0.4, -0.2) is 36.4 Å². The maximum Gasteiger partial charge on any atom is 0.340 e. The highest BCUT2D eigenvalue weighted by Crippen LogP contribution is 2.33. The van der Waals surface area contributed by atoms with Gasteiger partial charge in [-0.3, -0.25) is 24.5 Å². The highest BCUT2D eigenvalue weighted by atomic mass is 32.2. The molecule has 4 rings (SSSR count). The molecule has 2 heterocycles. The van der Waals surface area contributed by atoms with E-state index >= 15 is 0 Å². The van der Waals surface area contributed by atoms with Crippen LogP contribution in [0.5, 0.6) is 0 Å². The van der Waals surface area contributed by atoms with E-state index in [2.05, 4.69) is 0 Å². The Balaban J connectivity index is 1.79. The summed E-state index contributed by atoms with van der Waals surface area (Å²) in [6.45, 7) is 0. The Kier molecular flexibility index (Phi) is 4.55. The van der Waals surface area contributed by atoms with Crippen LogP contribution in [0.15, 0.2) is 84.0 Å². The van der Waals surface area contributed by atoms with Gasteiger partial charge in [0.15, 0.2) is 0 Å². The molecule has 10 heteroatoms. The van der Waals surface area contributed by atoms with Gasteiger partial charge in [0.05, 0.1) is 22.5 Å². The predicted octanol–water partition coefficient (Wildman–Crippen LogP) is 0.948. The smallest absolute Gasteiger partial charge is 0.289 e. The van der Waals surface area contributed by atoms with E-state index < -0.39 is 39.4 Å². The van der Waals surface area contributed by atoms with E-state index in [1.807, 2.05) is 5.32 Å². The standard InChI is InChI=1S/C20H13N3O6S/c24-17-11-15(19(26)21-17)16-12-18(25)23(20(16)27)30(28,29)22(13-7-3-1-4-8-13)14-9-5-2-6-10-14/h1-12H,(H,21,24,26). The summed E-state index contributed by atoms with van der Waals surface area (Å²) >= 11 is 0. The molecule has 0 saturated heterocycles. The molecule has 0 atom stereocenters. The summed E-state index contributed by atoms with van der Waals surface area (Å²) in [6, 6.07) is 15.8. The van der Waals surface area contributed by atoms with Gasteiger partial charge in [-0.2, -0.15) is 8.42 Å². The first-order chi connectivity index (χ1) is 14.3. The van der Waals surface area contributed by atoms with Crippen LogP contribution in [0.2, 0.25) is 0 Å². The van der Waals surface area contributed by atoms with Crippen molar-refractivity contribution in [1.82, 2.24) is 9.62 Å². The minimum absolute atomic E-state index is 0.0826. The lowest BCUT2D eigenvalue weighted by atomic mass is 10.1. The third-order valence-electron chi connectivity index (χ3n) is 4.37. The Labute approximate surface area is 171 Å². The Hall–Kier alpha value is -4.05. The molecule has 2 aliphatic heterocycles. The second-order valence-electron chi connectivity index (χ2n) is 6.29. The number of hydrogen-bond donors (Lipinski definition) is 1. The second kappa shape index (κ2) is 7.08. The van der Waals surface area contributed by atoms with Gasteiger partial charge in [0.25, 0.3) is 23.6 Å². The molecule has 30 heavy (non-hydrogen) atoms. The summed E-state index contributed by atoms with van der Waals surface area (Å²) < 4.78 is 27.8. The summed E-state index contributed by atoms with van der Waals surface area (Å²) in [6.07, 6.45) is 1.58. The van der Waals surface area contributed by atoms with Gasteiger partial charge in [-0.1, -0.05) is 36.4 Å². The predicted molar refractivity (Wildman–Crippen MR) is 105 cm³/mol. The first-order valence-corrected chi connectivity index (χ1v) is 10.0. The molecule has 2 aromatic carbocycles. The number of carbonyl (C=O) groups is 4. The van der Waals surface area contributed by atoms with E-state index in [4.69, 9.17) is 0 Å². The monoisotopic (exact) mass is 423 g/mol. The van der Waals surface area contributed by atoms with E-state index in [-0.39, 0.29) is 21.3 Å². The fraction of sp³-hybridized carbons (Fsp3) is 0. The van der Waals surface area contributed by atoms with E-state index in [9.17, 15) is 27.6 Å².